The van der Waals surface area contributed by atoms with Gasteiger partial charge in [-0.15, -0.1) is 0 Å². The molecule has 5 nitrogen and oxygen atoms in total. The Balaban J connectivity index is 1.91. The van der Waals surface area contributed by atoms with Gasteiger partial charge >= 0.3 is 0 Å². The minimum absolute atomic E-state index is 0.197. The number of benzene rings is 2. The maximum Gasteiger partial charge on any atom is 0.167 e. The molecule has 1 aromatic heterocycles. The standard InChI is InChI=1S/C17H16Cl2N2O3/c1-21-12-8-11(18)15(19)17(16(12)20-14(21)9-22)24-7-6-10-4-2-3-5-13(10)23/h2-5,8,22-23H,6-7,9H2,1H3. The van der Waals surface area contributed by atoms with E-state index in [1.165, 1.54) is 0 Å². The second kappa shape index (κ2) is 6.89. The summed E-state index contributed by atoms with van der Waals surface area (Å²) in [6.07, 6.45) is 0.511. The Labute approximate surface area is 149 Å². The quantitative estimate of drug-likeness (QED) is 0.722. The van der Waals surface area contributed by atoms with Gasteiger partial charge in [0, 0.05) is 13.5 Å². The van der Waals surface area contributed by atoms with Crippen LogP contribution < -0.4 is 4.74 Å². The SMILES string of the molecule is Cn1c(CO)nc2c(OCCc3ccccc3O)c(Cl)c(Cl)cc21. The fourth-order valence-electron chi connectivity index (χ4n) is 2.55. The summed E-state index contributed by atoms with van der Waals surface area (Å²) in [5, 5.41) is 19.8. The number of aliphatic hydroxyl groups excluding tert-OH is 1. The molecule has 1 heterocycles. The van der Waals surface area contributed by atoms with E-state index in [-0.39, 0.29) is 17.4 Å². The Bertz CT molecular complexity index is 893. The highest BCUT2D eigenvalue weighted by atomic mass is 35.5. The van der Waals surface area contributed by atoms with Crippen molar-refractivity contribution in [1.82, 2.24) is 9.55 Å². The molecule has 0 saturated heterocycles. The van der Waals surface area contributed by atoms with E-state index in [0.29, 0.717) is 35.1 Å². The third-order valence-electron chi connectivity index (χ3n) is 3.87. The molecule has 2 N–H and O–H groups in total. The van der Waals surface area contributed by atoms with Crippen LogP contribution in [-0.2, 0) is 20.1 Å². The lowest BCUT2D eigenvalue weighted by atomic mass is 10.1. The van der Waals surface area contributed by atoms with Crippen molar-refractivity contribution in [2.45, 2.75) is 13.0 Å². The van der Waals surface area contributed by atoms with Gasteiger partial charge in [-0.1, -0.05) is 41.4 Å². The summed E-state index contributed by atoms with van der Waals surface area (Å²) in [5.41, 5.74) is 2.06. The van der Waals surface area contributed by atoms with E-state index in [1.807, 2.05) is 12.1 Å². The molecule has 0 aliphatic heterocycles. The zero-order valence-electron chi connectivity index (χ0n) is 13.0. The van der Waals surface area contributed by atoms with Crippen LogP contribution in [0.4, 0.5) is 0 Å². The normalized spacial score (nSPS) is 11.2. The van der Waals surface area contributed by atoms with Crippen molar-refractivity contribution in [1.29, 1.82) is 0 Å². The van der Waals surface area contributed by atoms with Crippen LogP contribution in [-0.4, -0.2) is 26.4 Å². The Hall–Kier alpha value is -1.95. The third-order valence-corrected chi connectivity index (χ3v) is 4.64. The van der Waals surface area contributed by atoms with Crippen molar-refractivity contribution < 1.29 is 14.9 Å². The highest BCUT2D eigenvalue weighted by Gasteiger charge is 2.18. The highest BCUT2D eigenvalue weighted by Crippen LogP contribution is 2.39. The maximum absolute atomic E-state index is 9.80. The summed E-state index contributed by atoms with van der Waals surface area (Å²) in [6.45, 7) is 0.107. The molecule has 0 aliphatic carbocycles. The highest BCUT2D eigenvalue weighted by molar-refractivity contribution is 6.44. The predicted molar refractivity (Wildman–Crippen MR) is 94.0 cm³/mol. The second-order valence-corrected chi connectivity index (χ2v) is 6.13. The van der Waals surface area contributed by atoms with Crippen LogP contribution in [0.25, 0.3) is 11.0 Å². The zero-order chi connectivity index (χ0) is 17.3. The van der Waals surface area contributed by atoms with Gasteiger partial charge in [0.05, 0.1) is 17.1 Å². The molecule has 2 aromatic carbocycles. The van der Waals surface area contributed by atoms with Crippen LogP contribution in [0.15, 0.2) is 30.3 Å². The number of hydrogen-bond acceptors (Lipinski definition) is 4. The molecule has 0 unspecified atom stereocenters. The lowest BCUT2D eigenvalue weighted by Crippen LogP contribution is -2.03. The molecule has 3 aromatic rings. The van der Waals surface area contributed by atoms with Gasteiger partial charge in [0.25, 0.3) is 0 Å². The van der Waals surface area contributed by atoms with Crippen LogP contribution in [0, 0.1) is 0 Å². The predicted octanol–water partition coefficient (Wildman–Crippen LogP) is 3.70. The second-order valence-electron chi connectivity index (χ2n) is 5.34. The van der Waals surface area contributed by atoms with Crippen LogP contribution in [0.5, 0.6) is 11.5 Å². The first-order valence-electron chi connectivity index (χ1n) is 7.36. The lowest BCUT2D eigenvalue weighted by molar-refractivity contribution is 0.268. The molecule has 0 atom stereocenters. The fraction of sp³-hybridized carbons (Fsp3) is 0.235. The van der Waals surface area contributed by atoms with Crippen molar-refractivity contribution in [2.24, 2.45) is 7.05 Å². The Morgan fingerprint density at radius 2 is 2.00 bits per heavy atom. The van der Waals surface area contributed by atoms with Crippen molar-refractivity contribution in [3.63, 3.8) is 0 Å². The van der Waals surface area contributed by atoms with E-state index in [4.69, 9.17) is 27.9 Å². The van der Waals surface area contributed by atoms with Gasteiger partial charge in [-0.05, 0) is 17.7 Å². The van der Waals surface area contributed by atoms with E-state index in [9.17, 15) is 10.2 Å². The number of halogens is 2. The monoisotopic (exact) mass is 366 g/mol. The van der Waals surface area contributed by atoms with Gasteiger partial charge in [-0.2, -0.15) is 0 Å². The number of nitrogens with zero attached hydrogens (tertiary/aromatic N) is 2. The average molecular weight is 367 g/mol. The molecule has 7 heteroatoms. The first-order valence-corrected chi connectivity index (χ1v) is 8.12. The number of rotatable bonds is 5. The molecule has 0 fully saturated rings. The van der Waals surface area contributed by atoms with Crippen molar-refractivity contribution in [2.75, 3.05) is 6.61 Å². The molecule has 24 heavy (non-hydrogen) atoms. The number of phenolic OH excluding ortho intramolecular Hbond substituents is 1. The van der Waals surface area contributed by atoms with E-state index in [0.717, 1.165) is 11.1 Å². The molecule has 0 bridgehead atoms. The number of phenols is 1. The van der Waals surface area contributed by atoms with E-state index in [1.54, 1.807) is 29.8 Å². The minimum atomic E-state index is -0.197. The van der Waals surface area contributed by atoms with E-state index < -0.39 is 0 Å². The van der Waals surface area contributed by atoms with Crippen molar-refractivity contribution in [3.05, 3.63) is 51.8 Å². The first-order chi connectivity index (χ1) is 11.5. The number of imidazole rings is 1. The van der Waals surface area contributed by atoms with Crippen molar-refractivity contribution >= 4 is 34.2 Å². The summed E-state index contributed by atoms with van der Waals surface area (Å²) < 4.78 is 7.56. The first kappa shape index (κ1) is 16.9. The number of para-hydroxylation sites is 1. The molecule has 0 radical (unpaired) electrons. The molecule has 0 aliphatic rings. The lowest BCUT2D eigenvalue weighted by Gasteiger charge is -2.11. The number of aliphatic hydroxyl groups is 1. The molecule has 0 spiro atoms. The zero-order valence-corrected chi connectivity index (χ0v) is 14.5. The Morgan fingerprint density at radius 1 is 1.25 bits per heavy atom. The summed E-state index contributed by atoms with van der Waals surface area (Å²) >= 11 is 12.5. The molecule has 0 amide bonds. The van der Waals surface area contributed by atoms with Gasteiger partial charge in [0.2, 0.25) is 0 Å². The summed E-state index contributed by atoms with van der Waals surface area (Å²) in [5.74, 6) is 1.10. The van der Waals surface area contributed by atoms with Crippen LogP contribution in [0.1, 0.15) is 11.4 Å². The van der Waals surface area contributed by atoms with Gasteiger partial charge in [0.15, 0.2) is 5.75 Å². The van der Waals surface area contributed by atoms with Crippen LogP contribution >= 0.6 is 23.2 Å². The molecule has 126 valence electrons. The fourth-order valence-corrected chi connectivity index (χ4v) is 2.93. The number of aryl methyl sites for hydroxylation is 1. The number of fused-ring (bicyclic) bond motifs is 1. The molecular weight excluding hydrogens is 351 g/mol. The molecular formula is C17H16Cl2N2O3. The summed E-state index contributed by atoms with van der Waals surface area (Å²) in [7, 11) is 1.79. The molecule has 0 saturated carbocycles. The maximum atomic E-state index is 9.80. The topological polar surface area (TPSA) is 67.5 Å². The number of aromatic nitrogens is 2. The Morgan fingerprint density at radius 3 is 2.71 bits per heavy atom. The number of hydrogen-bond donors (Lipinski definition) is 2. The van der Waals surface area contributed by atoms with Gasteiger partial charge < -0.3 is 19.5 Å². The van der Waals surface area contributed by atoms with E-state index in [2.05, 4.69) is 4.98 Å². The van der Waals surface area contributed by atoms with Gasteiger partial charge in [-0.25, -0.2) is 4.98 Å². The van der Waals surface area contributed by atoms with Gasteiger partial charge in [0.1, 0.15) is 28.7 Å². The van der Waals surface area contributed by atoms with Gasteiger partial charge in [-0.3, -0.25) is 0 Å². The molecule has 3 rings (SSSR count). The summed E-state index contributed by atoms with van der Waals surface area (Å²) in [4.78, 5) is 4.37. The van der Waals surface area contributed by atoms with Crippen LogP contribution in [0.3, 0.4) is 0 Å². The smallest absolute Gasteiger partial charge is 0.167 e. The number of ether oxygens (including phenoxy) is 1. The minimum Gasteiger partial charge on any atom is -0.508 e. The van der Waals surface area contributed by atoms with Crippen LogP contribution in [0.2, 0.25) is 10.0 Å². The largest absolute Gasteiger partial charge is 0.508 e. The third kappa shape index (κ3) is 3.02. The number of aromatic hydroxyl groups is 1. The summed E-state index contributed by atoms with van der Waals surface area (Å²) in [6, 6.07) is 8.78. The average Bonchev–Trinajstić information content (AvgIpc) is 2.89. The van der Waals surface area contributed by atoms with E-state index >= 15 is 0 Å². The van der Waals surface area contributed by atoms with Crippen molar-refractivity contribution in [3.8, 4) is 11.5 Å². The Kier molecular flexibility index (Phi) is 4.85.